The van der Waals surface area contributed by atoms with Gasteiger partial charge in [-0.1, -0.05) is 31.4 Å². The number of nitrogens with one attached hydrogen (secondary N) is 1. The van der Waals surface area contributed by atoms with Crippen molar-refractivity contribution in [2.45, 2.75) is 38.1 Å². The molecule has 98 valence electrons. The first kappa shape index (κ1) is 13.1. The summed E-state index contributed by atoms with van der Waals surface area (Å²) in [4.78, 5) is 12.0. The Balaban J connectivity index is 1.86. The topological polar surface area (TPSA) is 38.3 Å². The molecule has 2 rings (SSSR count). The third-order valence-corrected chi connectivity index (χ3v) is 3.55. The summed E-state index contributed by atoms with van der Waals surface area (Å²) >= 11 is 0. The lowest BCUT2D eigenvalue weighted by molar-refractivity contribution is 0.0984. The number of carbonyl (C=O) groups is 1. The molecule has 0 bridgehead atoms. The fourth-order valence-corrected chi connectivity index (χ4v) is 2.44. The molecule has 0 atom stereocenters. The van der Waals surface area contributed by atoms with Gasteiger partial charge in [0.25, 0.3) is 0 Å². The minimum atomic E-state index is 0.138. The molecule has 1 saturated carbocycles. The number of rotatable bonds is 5. The highest BCUT2D eigenvalue weighted by Crippen LogP contribution is 2.17. The molecule has 0 amide bonds. The standard InChI is InChI=1S/C15H21NO2/c1-18-14-9-5-6-12(10-14)15(17)11-16-13-7-3-2-4-8-13/h5-6,9-10,13,16H,2-4,7-8,11H2,1H3. The molecule has 3 heteroatoms. The maximum atomic E-state index is 12.0. The van der Waals surface area contributed by atoms with Gasteiger partial charge < -0.3 is 10.1 Å². The molecule has 1 aromatic rings. The second kappa shape index (κ2) is 6.55. The molecule has 0 saturated heterocycles. The van der Waals surface area contributed by atoms with Crippen molar-refractivity contribution in [2.24, 2.45) is 0 Å². The van der Waals surface area contributed by atoms with E-state index in [1.54, 1.807) is 13.2 Å². The third-order valence-electron chi connectivity index (χ3n) is 3.55. The van der Waals surface area contributed by atoms with Gasteiger partial charge in [-0.05, 0) is 25.0 Å². The van der Waals surface area contributed by atoms with Crippen LogP contribution in [0.15, 0.2) is 24.3 Å². The van der Waals surface area contributed by atoms with Crippen LogP contribution in [0.1, 0.15) is 42.5 Å². The predicted molar refractivity (Wildman–Crippen MR) is 72.2 cm³/mol. The fraction of sp³-hybridized carbons (Fsp3) is 0.533. The summed E-state index contributed by atoms with van der Waals surface area (Å²) in [5, 5.41) is 3.37. The molecule has 0 aromatic heterocycles. The average Bonchev–Trinajstić information content (AvgIpc) is 2.46. The molecule has 0 heterocycles. The number of ether oxygens (including phenoxy) is 1. The summed E-state index contributed by atoms with van der Waals surface area (Å²) in [5.41, 5.74) is 0.720. The first-order valence-electron chi connectivity index (χ1n) is 6.70. The number of carbonyl (C=O) groups excluding carboxylic acids is 1. The van der Waals surface area contributed by atoms with Gasteiger partial charge >= 0.3 is 0 Å². The van der Waals surface area contributed by atoms with E-state index in [1.165, 1.54) is 32.1 Å². The summed E-state index contributed by atoms with van der Waals surface area (Å²) in [7, 11) is 1.61. The maximum absolute atomic E-state index is 12.0. The highest BCUT2D eigenvalue weighted by molar-refractivity contribution is 5.97. The molecule has 0 radical (unpaired) electrons. The number of benzene rings is 1. The van der Waals surface area contributed by atoms with Gasteiger partial charge in [0.1, 0.15) is 5.75 Å². The molecule has 1 aliphatic rings. The van der Waals surface area contributed by atoms with E-state index < -0.39 is 0 Å². The number of methoxy groups -OCH3 is 1. The Morgan fingerprint density at radius 1 is 1.33 bits per heavy atom. The van der Waals surface area contributed by atoms with Crippen LogP contribution in [0.2, 0.25) is 0 Å². The van der Waals surface area contributed by atoms with Crippen molar-refractivity contribution >= 4 is 5.78 Å². The van der Waals surface area contributed by atoms with E-state index in [2.05, 4.69) is 5.32 Å². The second-order valence-electron chi connectivity index (χ2n) is 4.87. The first-order valence-corrected chi connectivity index (χ1v) is 6.70. The summed E-state index contributed by atoms with van der Waals surface area (Å²) in [5.74, 6) is 0.873. The van der Waals surface area contributed by atoms with Gasteiger partial charge in [0.15, 0.2) is 5.78 Å². The van der Waals surface area contributed by atoms with Crippen LogP contribution in [0.3, 0.4) is 0 Å². The summed E-state index contributed by atoms with van der Waals surface area (Å²) < 4.78 is 5.13. The molecule has 0 spiro atoms. The largest absolute Gasteiger partial charge is 0.497 e. The Hall–Kier alpha value is -1.35. The van der Waals surface area contributed by atoms with Crippen LogP contribution in [0.25, 0.3) is 0 Å². The van der Waals surface area contributed by atoms with E-state index in [0.717, 1.165) is 11.3 Å². The van der Waals surface area contributed by atoms with Crippen molar-refractivity contribution in [3.8, 4) is 5.75 Å². The van der Waals surface area contributed by atoms with Gasteiger partial charge in [0, 0.05) is 11.6 Å². The van der Waals surface area contributed by atoms with Crippen LogP contribution < -0.4 is 10.1 Å². The molecule has 3 nitrogen and oxygen atoms in total. The van der Waals surface area contributed by atoms with Crippen LogP contribution in [0.5, 0.6) is 5.75 Å². The van der Waals surface area contributed by atoms with Crippen LogP contribution >= 0.6 is 0 Å². The Morgan fingerprint density at radius 2 is 2.11 bits per heavy atom. The quantitative estimate of drug-likeness (QED) is 0.813. The summed E-state index contributed by atoms with van der Waals surface area (Å²) in [6.07, 6.45) is 6.30. The van der Waals surface area contributed by atoms with Crippen LogP contribution in [-0.2, 0) is 0 Å². The SMILES string of the molecule is COc1cccc(C(=O)CNC2CCCCC2)c1. The first-order chi connectivity index (χ1) is 8.79. The number of hydrogen-bond acceptors (Lipinski definition) is 3. The molecule has 1 aliphatic carbocycles. The second-order valence-corrected chi connectivity index (χ2v) is 4.87. The molecule has 1 fully saturated rings. The molecular formula is C15H21NO2. The fourth-order valence-electron chi connectivity index (χ4n) is 2.44. The van der Waals surface area contributed by atoms with E-state index in [4.69, 9.17) is 4.74 Å². The van der Waals surface area contributed by atoms with Gasteiger partial charge in [-0.25, -0.2) is 0 Å². The molecular weight excluding hydrogens is 226 g/mol. The summed E-state index contributed by atoms with van der Waals surface area (Å²) in [6, 6.07) is 7.87. The maximum Gasteiger partial charge on any atom is 0.176 e. The van der Waals surface area contributed by atoms with Crippen molar-refractivity contribution in [1.29, 1.82) is 0 Å². The predicted octanol–water partition coefficient (Wildman–Crippen LogP) is 2.80. The van der Waals surface area contributed by atoms with Crippen molar-refractivity contribution in [3.63, 3.8) is 0 Å². The number of ketones is 1. The van der Waals surface area contributed by atoms with Crippen molar-refractivity contribution < 1.29 is 9.53 Å². The highest BCUT2D eigenvalue weighted by atomic mass is 16.5. The molecule has 1 N–H and O–H groups in total. The zero-order valence-corrected chi connectivity index (χ0v) is 10.9. The minimum Gasteiger partial charge on any atom is -0.497 e. The van der Waals surface area contributed by atoms with E-state index in [0.29, 0.717) is 12.6 Å². The lowest BCUT2D eigenvalue weighted by atomic mass is 9.95. The molecule has 0 aliphatic heterocycles. The van der Waals surface area contributed by atoms with E-state index in [9.17, 15) is 4.79 Å². The van der Waals surface area contributed by atoms with E-state index in [1.807, 2.05) is 18.2 Å². The lowest BCUT2D eigenvalue weighted by Gasteiger charge is -2.22. The monoisotopic (exact) mass is 247 g/mol. The summed E-state index contributed by atoms with van der Waals surface area (Å²) in [6.45, 7) is 0.428. The minimum absolute atomic E-state index is 0.138. The number of Topliss-reactive ketones (excluding diaryl/α,β-unsaturated/α-hetero) is 1. The van der Waals surface area contributed by atoms with E-state index in [-0.39, 0.29) is 5.78 Å². The number of hydrogen-bond donors (Lipinski definition) is 1. The lowest BCUT2D eigenvalue weighted by Crippen LogP contribution is -2.35. The molecule has 0 unspecified atom stereocenters. The van der Waals surface area contributed by atoms with Crippen LogP contribution in [0, 0.1) is 0 Å². The van der Waals surface area contributed by atoms with Crippen molar-refractivity contribution in [1.82, 2.24) is 5.32 Å². The Labute approximate surface area is 109 Å². The smallest absolute Gasteiger partial charge is 0.176 e. The third kappa shape index (κ3) is 3.57. The van der Waals surface area contributed by atoms with Gasteiger partial charge in [-0.2, -0.15) is 0 Å². The van der Waals surface area contributed by atoms with E-state index >= 15 is 0 Å². The van der Waals surface area contributed by atoms with Gasteiger partial charge in [0.2, 0.25) is 0 Å². The molecule has 1 aromatic carbocycles. The zero-order valence-electron chi connectivity index (χ0n) is 10.9. The van der Waals surface area contributed by atoms with Crippen LogP contribution in [0.4, 0.5) is 0 Å². The Kier molecular flexibility index (Phi) is 4.76. The van der Waals surface area contributed by atoms with Crippen molar-refractivity contribution in [3.05, 3.63) is 29.8 Å². The van der Waals surface area contributed by atoms with Crippen LogP contribution in [-0.4, -0.2) is 25.5 Å². The zero-order chi connectivity index (χ0) is 12.8. The normalized spacial score (nSPS) is 16.5. The molecule has 18 heavy (non-hydrogen) atoms. The Morgan fingerprint density at radius 3 is 2.83 bits per heavy atom. The highest BCUT2D eigenvalue weighted by Gasteiger charge is 2.14. The van der Waals surface area contributed by atoms with Gasteiger partial charge in [-0.15, -0.1) is 0 Å². The van der Waals surface area contributed by atoms with Gasteiger partial charge in [-0.3, -0.25) is 4.79 Å². The average molecular weight is 247 g/mol. The van der Waals surface area contributed by atoms with Gasteiger partial charge in [0.05, 0.1) is 13.7 Å². The Bertz CT molecular complexity index is 397. The van der Waals surface area contributed by atoms with Crippen molar-refractivity contribution in [2.75, 3.05) is 13.7 Å².